The fourth-order valence-electron chi connectivity index (χ4n) is 8.77. The Hall–Kier alpha value is -5.02. The molecule has 0 amide bonds. The molecule has 0 aliphatic carbocycles. The van der Waals surface area contributed by atoms with E-state index >= 15 is 0 Å². The molecule has 0 N–H and O–H groups in total. The van der Waals surface area contributed by atoms with Gasteiger partial charge < -0.3 is 9.30 Å². The van der Waals surface area contributed by atoms with Gasteiger partial charge in [-0.25, -0.2) is 0 Å². The average Bonchev–Trinajstić information content (AvgIpc) is 3.40. The average molecular weight is 650 g/mol. The van der Waals surface area contributed by atoms with Crippen molar-refractivity contribution in [1.82, 2.24) is 4.57 Å². The van der Waals surface area contributed by atoms with Gasteiger partial charge in [-0.1, -0.05) is 114 Å². The summed E-state index contributed by atoms with van der Waals surface area (Å²) in [4.78, 5) is 0. The molecule has 50 heavy (non-hydrogen) atoms. The van der Waals surface area contributed by atoms with Crippen molar-refractivity contribution in [3.05, 3.63) is 131 Å². The molecule has 2 nitrogen and oxygen atoms in total. The van der Waals surface area contributed by atoms with Crippen LogP contribution in [0.4, 0.5) is 0 Å². The topological polar surface area (TPSA) is 14.2 Å². The first kappa shape index (κ1) is 31.0. The van der Waals surface area contributed by atoms with Crippen molar-refractivity contribution in [2.24, 2.45) is 0 Å². The van der Waals surface area contributed by atoms with Crippen LogP contribution in [0.2, 0.25) is 0 Å². The molecule has 0 spiro atoms. The quantitative estimate of drug-likeness (QED) is 0.170. The highest BCUT2D eigenvalue weighted by Gasteiger charge is 2.42. The predicted molar refractivity (Wildman–Crippen MR) is 214 cm³/mol. The first-order chi connectivity index (χ1) is 23.8. The lowest BCUT2D eigenvalue weighted by Crippen LogP contribution is -2.58. The van der Waals surface area contributed by atoms with Gasteiger partial charge in [-0.2, -0.15) is 0 Å². The molecule has 7 aromatic rings. The zero-order valence-electron chi connectivity index (χ0n) is 30.7. The summed E-state index contributed by atoms with van der Waals surface area (Å²) in [7, 11) is 0. The lowest BCUT2D eigenvalue weighted by molar-refractivity contribution is 0.487. The van der Waals surface area contributed by atoms with Crippen molar-refractivity contribution in [2.45, 2.75) is 73.1 Å². The van der Waals surface area contributed by atoms with Gasteiger partial charge in [0.05, 0.1) is 5.52 Å². The number of benzene rings is 6. The molecular formula is C47H44BNO. The lowest BCUT2D eigenvalue weighted by atomic mass is 9.34. The Balaban J connectivity index is 1.42. The largest absolute Gasteiger partial charge is 0.458 e. The second-order valence-corrected chi connectivity index (χ2v) is 16.9. The summed E-state index contributed by atoms with van der Waals surface area (Å²) in [6, 6.07) is 39.0. The maximum absolute atomic E-state index is 7.00. The number of aromatic nitrogens is 1. The lowest BCUT2D eigenvalue weighted by Gasteiger charge is -2.35. The number of ether oxygens (including phenoxy) is 1. The summed E-state index contributed by atoms with van der Waals surface area (Å²) in [6.07, 6.45) is 0. The maximum Gasteiger partial charge on any atom is 0.256 e. The van der Waals surface area contributed by atoms with Crippen LogP contribution in [-0.4, -0.2) is 11.3 Å². The second kappa shape index (κ2) is 10.5. The standard InChI is InChI=1S/C47H44BNO/c1-27-19-28(2)43(29(3)20-27)31-15-18-41-37(21-31)48-38-26-34(47(7,8)9)25-36-35-24-33(46(4,5)6)16-17-39(35)49(45(36)38)40-22-32(23-42(50-41)44(40)48)30-13-11-10-12-14-30/h10-26H,1-9H3. The van der Waals surface area contributed by atoms with E-state index in [1.807, 2.05) is 0 Å². The molecule has 6 aromatic carbocycles. The normalized spacial score (nSPS) is 13.4. The molecule has 0 saturated carbocycles. The molecule has 2 aliphatic rings. The summed E-state index contributed by atoms with van der Waals surface area (Å²) >= 11 is 0. The van der Waals surface area contributed by atoms with E-state index in [1.165, 1.54) is 94.0 Å². The van der Waals surface area contributed by atoms with Crippen molar-refractivity contribution in [3.63, 3.8) is 0 Å². The van der Waals surface area contributed by atoms with E-state index in [2.05, 4.69) is 170 Å². The first-order valence-corrected chi connectivity index (χ1v) is 18.0. The number of rotatable bonds is 2. The van der Waals surface area contributed by atoms with Crippen LogP contribution in [0.1, 0.15) is 69.4 Å². The minimum atomic E-state index is -0.0208. The molecule has 3 heteroatoms. The molecule has 3 heterocycles. The molecular weight excluding hydrogens is 605 g/mol. The Morgan fingerprint density at radius 3 is 1.96 bits per heavy atom. The van der Waals surface area contributed by atoms with Crippen LogP contribution in [0.5, 0.6) is 11.5 Å². The maximum atomic E-state index is 7.00. The van der Waals surface area contributed by atoms with E-state index in [9.17, 15) is 0 Å². The van der Waals surface area contributed by atoms with Crippen molar-refractivity contribution >= 4 is 44.9 Å². The highest BCUT2D eigenvalue weighted by atomic mass is 16.5. The molecule has 1 aromatic heterocycles. The van der Waals surface area contributed by atoms with Gasteiger partial charge in [0, 0.05) is 22.0 Å². The van der Waals surface area contributed by atoms with Crippen LogP contribution in [-0.2, 0) is 10.8 Å². The Labute approximate surface area is 296 Å². The third-order valence-corrected chi connectivity index (χ3v) is 11.2. The van der Waals surface area contributed by atoms with E-state index in [-0.39, 0.29) is 17.5 Å². The van der Waals surface area contributed by atoms with Crippen LogP contribution in [0.3, 0.4) is 0 Å². The summed E-state index contributed by atoms with van der Waals surface area (Å²) in [5, 5.41) is 2.65. The van der Waals surface area contributed by atoms with Gasteiger partial charge in [0.1, 0.15) is 11.5 Å². The number of fused-ring (bicyclic) bond motifs is 7. The minimum absolute atomic E-state index is 0.0208. The Morgan fingerprint density at radius 1 is 0.560 bits per heavy atom. The van der Waals surface area contributed by atoms with Gasteiger partial charge in [-0.15, -0.1) is 0 Å². The molecule has 246 valence electrons. The zero-order chi connectivity index (χ0) is 34.9. The van der Waals surface area contributed by atoms with Crippen LogP contribution in [0.25, 0.3) is 49.7 Å². The fraction of sp³-hybridized carbons (Fsp3) is 0.234. The Bertz CT molecular complexity index is 2530. The molecule has 0 saturated heterocycles. The van der Waals surface area contributed by atoms with Crippen LogP contribution >= 0.6 is 0 Å². The van der Waals surface area contributed by atoms with E-state index in [1.54, 1.807) is 0 Å². The molecule has 0 atom stereocenters. The smallest absolute Gasteiger partial charge is 0.256 e. The van der Waals surface area contributed by atoms with E-state index in [4.69, 9.17) is 4.74 Å². The van der Waals surface area contributed by atoms with E-state index < -0.39 is 0 Å². The highest BCUT2D eigenvalue weighted by molar-refractivity contribution is 6.99. The molecule has 0 unspecified atom stereocenters. The van der Waals surface area contributed by atoms with E-state index in [0.717, 1.165) is 11.5 Å². The summed E-state index contributed by atoms with van der Waals surface area (Å²) < 4.78 is 9.55. The molecule has 0 radical (unpaired) electrons. The number of nitrogens with zero attached hydrogens (tertiary/aromatic N) is 1. The Kier molecular flexibility index (Phi) is 6.51. The monoisotopic (exact) mass is 649 g/mol. The summed E-state index contributed by atoms with van der Waals surface area (Å²) in [6.45, 7) is 20.7. The van der Waals surface area contributed by atoms with Gasteiger partial charge in [0.15, 0.2) is 0 Å². The number of aryl methyl sites for hydroxylation is 3. The van der Waals surface area contributed by atoms with Crippen LogP contribution in [0.15, 0.2) is 103 Å². The third kappa shape index (κ3) is 4.55. The van der Waals surface area contributed by atoms with Gasteiger partial charge in [-0.3, -0.25) is 0 Å². The summed E-state index contributed by atoms with van der Waals surface area (Å²) in [5.74, 6) is 1.89. The van der Waals surface area contributed by atoms with Gasteiger partial charge in [-0.05, 0) is 129 Å². The van der Waals surface area contributed by atoms with Crippen molar-refractivity contribution < 1.29 is 4.74 Å². The van der Waals surface area contributed by atoms with Gasteiger partial charge in [0.25, 0.3) is 6.71 Å². The highest BCUT2D eigenvalue weighted by Crippen LogP contribution is 2.42. The fourth-order valence-corrected chi connectivity index (χ4v) is 8.77. The molecule has 2 aliphatic heterocycles. The third-order valence-electron chi connectivity index (χ3n) is 11.2. The number of hydrogen-bond acceptors (Lipinski definition) is 1. The van der Waals surface area contributed by atoms with Crippen molar-refractivity contribution in [2.75, 3.05) is 0 Å². The second-order valence-electron chi connectivity index (χ2n) is 16.9. The predicted octanol–water partition coefficient (Wildman–Crippen LogP) is 10.6. The summed E-state index contributed by atoms with van der Waals surface area (Å²) in [5.41, 5.74) is 19.2. The van der Waals surface area contributed by atoms with Gasteiger partial charge >= 0.3 is 0 Å². The molecule has 0 fully saturated rings. The molecule has 0 bridgehead atoms. The SMILES string of the molecule is Cc1cc(C)c(-c2ccc3c(c2)B2c4c(cc(-c5ccccc5)cc4-n4c5ccc(C(C)(C)C)cc5c5cc(C(C)(C)C)cc2c54)O3)c(C)c1. The van der Waals surface area contributed by atoms with E-state index in [0.29, 0.717) is 0 Å². The van der Waals surface area contributed by atoms with Crippen molar-refractivity contribution in [1.29, 1.82) is 0 Å². The van der Waals surface area contributed by atoms with Crippen LogP contribution < -0.4 is 21.1 Å². The Morgan fingerprint density at radius 2 is 1.26 bits per heavy atom. The first-order valence-electron chi connectivity index (χ1n) is 18.0. The minimum Gasteiger partial charge on any atom is -0.458 e. The van der Waals surface area contributed by atoms with Crippen LogP contribution in [0, 0.1) is 20.8 Å². The zero-order valence-corrected chi connectivity index (χ0v) is 30.7. The number of hydrogen-bond donors (Lipinski definition) is 0. The molecule has 9 rings (SSSR count). The van der Waals surface area contributed by atoms with Gasteiger partial charge in [0.2, 0.25) is 0 Å². The van der Waals surface area contributed by atoms with Crippen molar-refractivity contribution in [3.8, 4) is 39.4 Å².